The van der Waals surface area contributed by atoms with Crippen LogP contribution in [0.2, 0.25) is 5.02 Å². The molecule has 0 aliphatic carbocycles. The van der Waals surface area contributed by atoms with Crippen molar-refractivity contribution in [2.24, 2.45) is 0 Å². The van der Waals surface area contributed by atoms with Gasteiger partial charge in [0, 0.05) is 16.8 Å². The molecule has 0 aliphatic heterocycles. The van der Waals surface area contributed by atoms with Gasteiger partial charge in [0.15, 0.2) is 0 Å². The first kappa shape index (κ1) is 19.6. The molecule has 2 amide bonds. The first-order valence-electron chi connectivity index (χ1n) is 8.09. The maximum Gasteiger partial charge on any atom is 0.233 e. The number of hydrogen-bond acceptors (Lipinski definition) is 4. The second-order valence-electron chi connectivity index (χ2n) is 5.53. The highest BCUT2D eigenvalue weighted by molar-refractivity contribution is 6.31. The minimum Gasteiger partial charge on any atom is -0.495 e. The van der Waals surface area contributed by atoms with Gasteiger partial charge in [0.2, 0.25) is 11.8 Å². The van der Waals surface area contributed by atoms with Gasteiger partial charge in [-0.25, -0.2) is 0 Å². The van der Waals surface area contributed by atoms with Crippen molar-refractivity contribution in [1.29, 1.82) is 0 Å². The van der Waals surface area contributed by atoms with Gasteiger partial charge in [-0.05, 0) is 49.7 Å². The molecule has 26 heavy (non-hydrogen) atoms. The van der Waals surface area contributed by atoms with E-state index in [0.29, 0.717) is 34.5 Å². The highest BCUT2D eigenvalue weighted by Gasteiger charge is 2.14. The fourth-order valence-electron chi connectivity index (χ4n) is 2.28. The lowest BCUT2D eigenvalue weighted by atomic mass is 10.2. The third kappa shape index (κ3) is 5.39. The minimum atomic E-state index is -0.451. The molecule has 138 valence electrons. The Morgan fingerprint density at radius 1 is 1.08 bits per heavy atom. The van der Waals surface area contributed by atoms with Crippen LogP contribution in [0.15, 0.2) is 36.4 Å². The first-order chi connectivity index (χ1) is 12.4. The molecule has 0 saturated heterocycles. The molecule has 2 N–H and O–H groups in total. The third-order valence-electron chi connectivity index (χ3n) is 3.53. The maximum absolute atomic E-state index is 12.1. The van der Waals surface area contributed by atoms with Crippen molar-refractivity contribution in [3.8, 4) is 11.5 Å². The molecule has 0 fully saturated rings. The molecule has 0 bridgehead atoms. The molecule has 6 nitrogen and oxygen atoms in total. The number of hydrogen-bond donors (Lipinski definition) is 2. The predicted molar refractivity (Wildman–Crippen MR) is 102 cm³/mol. The number of rotatable bonds is 7. The predicted octanol–water partition coefficient (Wildman–Crippen LogP) is 4.02. The van der Waals surface area contributed by atoms with Gasteiger partial charge in [-0.15, -0.1) is 0 Å². The lowest BCUT2D eigenvalue weighted by molar-refractivity contribution is -0.123. The number of methoxy groups -OCH3 is 1. The standard InChI is InChI=1S/C19H21ClN2O4/c1-4-26-14-7-5-13(6-8-14)21-18(23)11-19(24)22-16-9-12(2)15(20)10-17(16)25-3/h5-10H,4,11H2,1-3H3,(H,21,23)(H,22,24). The van der Waals surface area contributed by atoms with E-state index >= 15 is 0 Å². The largest absolute Gasteiger partial charge is 0.495 e. The zero-order chi connectivity index (χ0) is 19.1. The van der Waals surface area contributed by atoms with E-state index in [0.717, 1.165) is 5.56 Å². The molecule has 0 spiro atoms. The van der Waals surface area contributed by atoms with Gasteiger partial charge in [0.05, 0.1) is 19.4 Å². The SMILES string of the molecule is CCOc1ccc(NC(=O)CC(=O)Nc2cc(C)c(Cl)cc2OC)cc1. The van der Waals surface area contributed by atoms with Gasteiger partial charge in [-0.2, -0.15) is 0 Å². The van der Waals surface area contributed by atoms with E-state index in [-0.39, 0.29) is 6.42 Å². The normalized spacial score (nSPS) is 10.2. The van der Waals surface area contributed by atoms with Crippen molar-refractivity contribution < 1.29 is 19.1 Å². The second-order valence-corrected chi connectivity index (χ2v) is 5.94. The summed E-state index contributed by atoms with van der Waals surface area (Å²) >= 11 is 6.04. The number of anilines is 2. The van der Waals surface area contributed by atoms with E-state index in [1.165, 1.54) is 7.11 Å². The Labute approximate surface area is 157 Å². The van der Waals surface area contributed by atoms with Crippen LogP contribution in [0.1, 0.15) is 18.9 Å². The number of nitrogens with one attached hydrogen (secondary N) is 2. The van der Waals surface area contributed by atoms with Crippen molar-refractivity contribution in [3.05, 3.63) is 47.0 Å². The van der Waals surface area contributed by atoms with E-state index in [4.69, 9.17) is 21.1 Å². The van der Waals surface area contributed by atoms with Crippen LogP contribution in [-0.4, -0.2) is 25.5 Å². The van der Waals surface area contributed by atoms with Gasteiger partial charge in [-0.3, -0.25) is 9.59 Å². The summed E-state index contributed by atoms with van der Waals surface area (Å²) in [6.07, 6.45) is -0.321. The third-order valence-corrected chi connectivity index (χ3v) is 3.93. The van der Waals surface area contributed by atoms with Crippen molar-refractivity contribution in [1.82, 2.24) is 0 Å². The summed E-state index contributed by atoms with van der Waals surface area (Å²) in [7, 11) is 1.48. The maximum atomic E-state index is 12.1. The number of halogens is 1. The first-order valence-corrected chi connectivity index (χ1v) is 8.47. The smallest absolute Gasteiger partial charge is 0.233 e. The Morgan fingerprint density at radius 3 is 2.35 bits per heavy atom. The number of aryl methyl sites for hydroxylation is 1. The van der Waals surface area contributed by atoms with Gasteiger partial charge < -0.3 is 20.1 Å². The zero-order valence-corrected chi connectivity index (χ0v) is 15.6. The number of amides is 2. The Balaban J connectivity index is 1.95. The molecular weight excluding hydrogens is 356 g/mol. The fraction of sp³-hybridized carbons (Fsp3) is 0.263. The van der Waals surface area contributed by atoms with Gasteiger partial charge in [0.25, 0.3) is 0 Å². The van der Waals surface area contributed by atoms with Crippen molar-refractivity contribution in [3.63, 3.8) is 0 Å². The molecule has 0 atom stereocenters. The van der Waals surface area contributed by atoms with E-state index in [9.17, 15) is 9.59 Å². The van der Waals surface area contributed by atoms with Crippen LogP contribution in [-0.2, 0) is 9.59 Å². The highest BCUT2D eigenvalue weighted by atomic mass is 35.5. The summed E-state index contributed by atoms with van der Waals surface area (Å²) in [5, 5.41) is 5.87. The van der Waals surface area contributed by atoms with Crippen molar-refractivity contribution in [2.45, 2.75) is 20.3 Å². The van der Waals surface area contributed by atoms with Crippen molar-refractivity contribution >= 4 is 34.8 Å². The Hall–Kier alpha value is -2.73. The summed E-state index contributed by atoms with van der Waals surface area (Å²) in [6.45, 7) is 4.28. The van der Waals surface area contributed by atoms with E-state index in [1.807, 2.05) is 13.8 Å². The summed E-state index contributed by atoms with van der Waals surface area (Å²) in [5.74, 6) is 0.277. The lowest BCUT2D eigenvalue weighted by Crippen LogP contribution is -2.21. The topological polar surface area (TPSA) is 76.7 Å². The molecule has 2 rings (SSSR count). The average Bonchev–Trinajstić information content (AvgIpc) is 2.59. The van der Waals surface area contributed by atoms with Gasteiger partial charge >= 0.3 is 0 Å². The van der Waals surface area contributed by atoms with E-state index in [2.05, 4.69) is 10.6 Å². The molecule has 0 unspecified atom stereocenters. The van der Waals surface area contributed by atoms with E-state index in [1.54, 1.807) is 36.4 Å². The van der Waals surface area contributed by atoms with Crippen molar-refractivity contribution in [2.75, 3.05) is 24.4 Å². The van der Waals surface area contributed by atoms with Crippen LogP contribution >= 0.6 is 11.6 Å². The number of benzene rings is 2. The summed E-state index contributed by atoms with van der Waals surface area (Å²) in [6, 6.07) is 10.2. The lowest BCUT2D eigenvalue weighted by Gasteiger charge is -2.12. The summed E-state index contributed by atoms with van der Waals surface area (Å²) in [4.78, 5) is 24.2. The fourth-order valence-corrected chi connectivity index (χ4v) is 2.43. The molecule has 0 heterocycles. The number of carbonyl (C=O) groups excluding carboxylic acids is 2. The molecule has 7 heteroatoms. The average molecular weight is 377 g/mol. The molecular formula is C19H21ClN2O4. The molecule has 0 radical (unpaired) electrons. The summed E-state index contributed by atoms with van der Waals surface area (Å²) in [5.41, 5.74) is 1.85. The van der Waals surface area contributed by atoms with Crippen LogP contribution < -0.4 is 20.1 Å². The van der Waals surface area contributed by atoms with Crippen LogP contribution in [0, 0.1) is 6.92 Å². The Kier molecular flexibility index (Phi) is 6.86. The minimum absolute atomic E-state index is 0.321. The van der Waals surface area contributed by atoms with Gasteiger partial charge in [0.1, 0.15) is 17.9 Å². The Bertz CT molecular complexity index is 791. The number of ether oxygens (including phenoxy) is 2. The van der Waals surface area contributed by atoms with Crippen LogP contribution in [0.3, 0.4) is 0 Å². The zero-order valence-electron chi connectivity index (χ0n) is 14.9. The summed E-state index contributed by atoms with van der Waals surface area (Å²) < 4.78 is 10.5. The highest BCUT2D eigenvalue weighted by Crippen LogP contribution is 2.31. The monoisotopic (exact) mass is 376 g/mol. The quantitative estimate of drug-likeness (QED) is 0.715. The van der Waals surface area contributed by atoms with E-state index < -0.39 is 11.8 Å². The molecule has 2 aromatic carbocycles. The van der Waals surface area contributed by atoms with Crippen LogP contribution in [0.25, 0.3) is 0 Å². The molecule has 0 saturated carbocycles. The number of carbonyl (C=O) groups is 2. The molecule has 2 aromatic rings. The Morgan fingerprint density at radius 2 is 1.73 bits per heavy atom. The van der Waals surface area contributed by atoms with Gasteiger partial charge in [-0.1, -0.05) is 11.6 Å². The molecule has 0 aliphatic rings. The van der Waals surface area contributed by atoms with Crippen LogP contribution in [0.5, 0.6) is 11.5 Å². The van der Waals surface area contributed by atoms with Crippen LogP contribution in [0.4, 0.5) is 11.4 Å². The molecule has 0 aromatic heterocycles. The second kappa shape index (κ2) is 9.10.